The van der Waals surface area contributed by atoms with Crippen LogP contribution in [0.4, 0.5) is 8.78 Å². The van der Waals surface area contributed by atoms with Gasteiger partial charge in [0.25, 0.3) is 5.92 Å². The van der Waals surface area contributed by atoms with E-state index in [1.807, 2.05) is 5.43 Å². The smallest absolute Gasteiger partial charge is 0.287 e. The third kappa shape index (κ3) is 2.69. The molecule has 84 valence electrons. The maximum atomic E-state index is 12.8. The molecule has 15 heavy (non-hydrogen) atoms. The van der Waals surface area contributed by atoms with Crippen molar-refractivity contribution in [1.82, 2.24) is 10.4 Å². The van der Waals surface area contributed by atoms with Gasteiger partial charge in [-0.25, -0.2) is 10.8 Å². The zero-order valence-corrected chi connectivity index (χ0v) is 9.07. The lowest BCUT2D eigenvalue weighted by Crippen LogP contribution is -2.33. The molecule has 1 aromatic rings. The summed E-state index contributed by atoms with van der Waals surface area (Å²) in [6.45, 7) is 2.32. The summed E-state index contributed by atoms with van der Waals surface area (Å²) in [6.07, 6.45) is 0. The average Bonchev–Trinajstić information content (AvgIpc) is 2.63. The van der Waals surface area contributed by atoms with Crippen LogP contribution >= 0.6 is 11.3 Å². The Kier molecular flexibility index (Phi) is 3.35. The van der Waals surface area contributed by atoms with Crippen molar-refractivity contribution in [2.75, 3.05) is 0 Å². The molecule has 1 amide bonds. The molecule has 0 bridgehead atoms. The highest BCUT2D eigenvalue weighted by Gasteiger charge is 2.29. The molecule has 4 nitrogen and oxygen atoms in total. The molecule has 0 saturated carbocycles. The summed E-state index contributed by atoms with van der Waals surface area (Å²) in [4.78, 5) is 14.8. The molecule has 0 aromatic carbocycles. The van der Waals surface area contributed by atoms with E-state index in [-0.39, 0.29) is 5.69 Å². The number of amides is 1. The quantitative estimate of drug-likeness (QED) is 0.472. The molecular formula is C8H11F2N3OS. The van der Waals surface area contributed by atoms with E-state index in [0.29, 0.717) is 5.01 Å². The van der Waals surface area contributed by atoms with Gasteiger partial charge in [0.05, 0.1) is 5.92 Å². The monoisotopic (exact) mass is 235 g/mol. The maximum absolute atomic E-state index is 12.8. The van der Waals surface area contributed by atoms with Crippen LogP contribution in [0.5, 0.6) is 0 Å². The van der Waals surface area contributed by atoms with Crippen molar-refractivity contribution in [2.45, 2.75) is 25.7 Å². The number of hydrogen-bond donors (Lipinski definition) is 2. The predicted molar refractivity (Wildman–Crippen MR) is 52.4 cm³/mol. The van der Waals surface area contributed by atoms with Crippen molar-refractivity contribution in [3.8, 4) is 0 Å². The maximum Gasteiger partial charge on any atom is 0.287 e. The SMILES string of the molecule is CC(C(=O)NN)c1nc(C(C)(F)F)cs1. The van der Waals surface area contributed by atoms with E-state index in [2.05, 4.69) is 4.98 Å². The van der Waals surface area contributed by atoms with E-state index in [9.17, 15) is 13.6 Å². The Hall–Kier alpha value is -1.08. The lowest BCUT2D eigenvalue weighted by atomic mass is 10.2. The Morgan fingerprint density at radius 1 is 1.73 bits per heavy atom. The van der Waals surface area contributed by atoms with Gasteiger partial charge < -0.3 is 0 Å². The first-order valence-electron chi connectivity index (χ1n) is 4.20. The normalized spacial score (nSPS) is 13.7. The number of carbonyl (C=O) groups excluding carboxylic acids is 1. The van der Waals surface area contributed by atoms with E-state index < -0.39 is 17.7 Å². The van der Waals surface area contributed by atoms with Crippen molar-refractivity contribution in [3.63, 3.8) is 0 Å². The number of carbonyl (C=O) groups is 1. The van der Waals surface area contributed by atoms with Crippen LogP contribution < -0.4 is 11.3 Å². The standard InChI is InChI=1S/C8H11F2N3OS/c1-4(6(14)13-11)7-12-5(3-15-7)8(2,9)10/h3-4H,11H2,1-2H3,(H,13,14). The molecule has 1 atom stereocenters. The minimum absolute atomic E-state index is 0.320. The summed E-state index contributed by atoms with van der Waals surface area (Å²) in [7, 11) is 0. The molecule has 1 heterocycles. The van der Waals surface area contributed by atoms with Crippen LogP contribution in [0.3, 0.4) is 0 Å². The lowest BCUT2D eigenvalue weighted by molar-refractivity contribution is -0.122. The van der Waals surface area contributed by atoms with Gasteiger partial charge in [-0.2, -0.15) is 8.78 Å². The molecule has 1 aromatic heterocycles. The Balaban J connectivity index is 2.89. The molecule has 0 saturated heterocycles. The largest absolute Gasteiger partial charge is 0.294 e. The van der Waals surface area contributed by atoms with E-state index >= 15 is 0 Å². The van der Waals surface area contributed by atoms with Crippen LogP contribution in [0.1, 0.15) is 30.5 Å². The van der Waals surface area contributed by atoms with E-state index in [1.54, 1.807) is 6.92 Å². The van der Waals surface area contributed by atoms with Crippen LogP contribution in [-0.2, 0) is 10.7 Å². The molecule has 1 unspecified atom stereocenters. The highest BCUT2D eigenvalue weighted by molar-refractivity contribution is 7.09. The molecule has 0 fully saturated rings. The van der Waals surface area contributed by atoms with Crippen molar-refractivity contribution >= 4 is 17.2 Å². The van der Waals surface area contributed by atoms with Crippen LogP contribution in [-0.4, -0.2) is 10.9 Å². The number of nitrogens with one attached hydrogen (secondary N) is 1. The molecule has 0 spiro atoms. The highest BCUT2D eigenvalue weighted by Crippen LogP contribution is 2.30. The fourth-order valence-corrected chi connectivity index (χ4v) is 1.88. The van der Waals surface area contributed by atoms with Gasteiger partial charge >= 0.3 is 0 Å². The Labute approximate surface area is 89.5 Å². The zero-order valence-electron chi connectivity index (χ0n) is 8.25. The molecule has 1 rings (SSSR count). The second kappa shape index (κ2) is 4.19. The van der Waals surface area contributed by atoms with Gasteiger partial charge in [-0.05, 0) is 6.92 Å². The van der Waals surface area contributed by atoms with Crippen molar-refractivity contribution in [2.24, 2.45) is 5.84 Å². The highest BCUT2D eigenvalue weighted by atomic mass is 32.1. The summed E-state index contributed by atoms with van der Waals surface area (Å²) in [5, 5.41) is 1.57. The number of thiazole rings is 1. The number of hydrogen-bond acceptors (Lipinski definition) is 4. The second-order valence-electron chi connectivity index (χ2n) is 3.19. The molecule has 0 aliphatic carbocycles. The van der Waals surface area contributed by atoms with Crippen LogP contribution in [0.15, 0.2) is 5.38 Å². The number of nitrogens with zero attached hydrogens (tertiary/aromatic N) is 1. The summed E-state index contributed by atoms with van der Waals surface area (Å²) in [5.74, 6) is 0.890. The summed E-state index contributed by atoms with van der Waals surface area (Å²) >= 11 is 1.02. The van der Waals surface area contributed by atoms with Gasteiger partial charge in [-0.3, -0.25) is 10.2 Å². The predicted octanol–water partition coefficient (Wildman–Crippen LogP) is 1.35. The minimum atomic E-state index is -2.98. The zero-order chi connectivity index (χ0) is 11.6. The second-order valence-corrected chi connectivity index (χ2v) is 4.08. The van der Waals surface area contributed by atoms with Gasteiger partial charge in [0.1, 0.15) is 10.7 Å². The minimum Gasteiger partial charge on any atom is -0.294 e. The topological polar surface area (TPSA) is 68.0 Å². The Morgan fingerprint density at radius 2 is 2.33 bits per heavy atom. The third-order valence-electron chi connectivity index (χ3n) is 1.88. The van der Waals surface area contributed by atoms with Crippen LogP contribution in [0, 0.1) is 0 Å². The van der Waals surface area contributed by atoms with Gasteiger partial charge in [0.15, 0.2) is 0 Å². The van der Waals surface area contributed by atoms with Gasteiger partial charge in [0, 0.05) is 12.3 Å². The Bertz CT molecular complexity index is 361. The average molecular weight is 235 g/mol. The first-order valence-corrected chi connectivity index (χ1v) is 5.08. The lowest BCUT2D eigenvalue weighted by Gasteiger charge is -2.07. The fourth-order valence-electron chi connectivity index (χ4n) is 0.925. The number of nitrogens with two attached hydrogens (primary N) is 1. The van der Waals surface area contributed by atoms with Crippen LogP contribution in [0.2, 0.25) is 0 Å². The third-order valence-corrected chi connectivity index (χ3v) is 2.91. The van der Waals surface area contributed by atoms with E-state index in [0.717, 1.165) is 18.3 Å². The van der Waals surface area contributed by atoms with Crippen molar-refractivity contribution in [3.05, 3.63) is 16.1 Å². The van der Waals surface area contributed by atoms with Crippen molar-refractivity contribution < 1.29 is 13.6 Å². The van der Waals surface area contributed by atoms with Crippen molar-refractivity contribution in [1.29, 1.82) is 0 Å². The molecule has 3 N–H and O–H groups in total. The molecular weight excluding hydrogens is 224 g/mol. The molecule has 0 aliphatic rings. The number of halogens is 2. The van der Waals surface area contributed by atoms with E-state index in [4.69, 9.17) is 5.84 Å². The number of hydrazine groups is 1. The number of aromatic nitrogens is 1. The molecule has 0 radical (unpaired) electrons. The summed E-state index contributed by atoms with van der Waals surface area (Å²) < 4.78 is 25.7. The number of alkyl halides is 2. The molecule has 7 heteroatoms. The van der Waals surface area contributed by atoms with Gasteiger partial charge in [-0.1, -0.05) is 0 Å². The van der Waals surface area contributed by atoms with Crippen LogP contribution in [0.25, 0.3) is 0 Å². The first kappa shape index (κ1) is 12.0. The Morgan fingerprint density at radius 3 is 2.73 bits per heavy atom. The fraction of sp³-hybridized carbons (Fsp3) is 0.500. The number of rotatable bonds is 3. The molecule has 0 aliphatic heterocycles. The summed E-state index contributed by atoms with van der Waals surface area (Å²) in [6, 6.07) is 0. The summed E-state index contributed by atoms with van der Waals surface area (Å²) in [5.41, 5.74) is 1.63. The van der Waals surface area contributed by atoms with Gasteiger partial charge in [0.2, 0.25) is 5.91 Å². The van der Waals surface area contributed by atoms with E-state index in [1.165, 1.54) is 5.38 Å². The van der Waals surface area contributed by atoms with Gasteiger partial charge in [-0.15, -0.1) is 11.3 Å². The first-order chi connectivity index (χ1) is 6.86.